The van der Waals surface area contributed by atoms with Crippen molar-refractivity contribution >= 4 is 0 Å². The molecular weight excluding hydrogens is 78.0 g/mol. The van der Waals surface area contributed by atoms with Gasteiger partial charge in [0.15, 0.2) is 0 Å². The highest BCUT2D eigenvalue weighted by atomic mass is 16.3. The van der Waals surface area contributed by atoms with E-state index in [4.69, 9.17) is 5.11 Å². The lowest BCUT2D eigenvalue weighted by Gasteiger charge is -2.30. The minimum atomic E-state index is -0.0787. The summed E-state index contributed by atoms with van der Waals surface area (Å²) in [5, 5.41) is 11.7. The van der Waals surface area contributed by atoms with Gasteiger partial charge in [-0.1, -0.05) is 0 Å². The van der Waals surface area contributed by atoms with Crippen LogP contribution >= 0.6 is 0 Å². The van der Waals surface area contributed by atoms with Gasteiger partial charge in [-0.15, -0.1) is 0 Å². The topological polar surface area (TPSA) is 32.3 Å². The predicted molar refractivity (Wildman–Crippen MR) is 23.5 cm³/mol. The largest absolute Gasteiger partial charge is 0.390 e. The Balaban J connectivity index is 2.20. The molecule has 0 amide bonds. The van der Waals surface area contributed by atoms with Crippen LogP contribution in [0.1, 0.15) is 6.92 Å². The summed E-state index contributed by atoms with van der Waals surface area (Å²) in [5.74, 6) is 0. The molecule has 2 atom stereocenters. The third-order valence-corrected chi connectivity index (χ3v) is 1.23. The first-order valence-electron chi connectivity index (χ1n) is 2.22. The molecule has 6 heavy (non-hydrogen) atoms. The van der Waals surface area contributed by atoms with Gasteiger partial charge in [0.05, 0.1) is 6.10 Å². The average Bonchev–Trinajstić information content (AvgIpc) is 1.61. The molecule has 1 fully saturated rings. The zero-order valence-electron chi connectivity index (χ0n) is 3.81. The maximum absolute atomic E-state index is 8.65. The summed E-state index contributed by atoms with van der Waals surface area (Å²) >= 11 is 0. The monoisotopic (exact) mass is 87.1 g/mol. The van der Waals surface area contributed by atoms with Gasteiger partial charge in [0.2, 0.25) is 0 Å². The summed E-state index contributed by atoms with van der Waals surface area (Å²) in [4.78, 5) is 0. The van der Waals surface area contributed by atoms with Gasteiger partial charge in [0, 0.05) is 12.6 Å². The standard InChI is InChI=1S/C4H9NO/c1-3-4(6)2-5-3/h3-6H,2H2,1H3/t3-,4-/m1/s1. The molecule has 1 saturated heterocycles. The molecule has 2 heteroatoms. The molecule has 1 aliphatic rings. The van der Waals surface area contributed by atoms with Gasteiger partial charge in [-0.25, -0.2) is 0 Å². The number of aliphatic hydroxyl groups is 1. The molecule has 0 aromatic heterocycles. The molecule has 0 aromatic rings. The molecule has 0 saturated carbocycles. The van der Waals surface area contributed by atoms with Crippen LogP contribution in [0.4, 0.5) is 0 Å². The summed E-state index contributed by atoms with van der Waals surface area (Å²) in [6.07, 6.45) is -0.0787. The second-order valence-electron chi connectivity index (χ2n) is 1.76. The van der Waals surface area contributed by atoms with E-state index in [0.717, 1.165) is 6.54 Å². The van der Waals surface area contributed by atoms with Crippen LogP contribution in [0.15, 0.2) is 0 Å². The van der Waals surface area contributed by atoms with Crippen molar-refractivity contribution in [3.05, 3.63) is 0 Å². The number of nitrogens with one attached hydrogen (secondary N) is 1. The summed E-state index contributed by atoms with van der Waals surface area (Å²) in [6.45, 7) is 2.75. The lowest BCUT2D eigenvalue weighted by atomic mass is 10.1. The van der Waals surface area contributed by atoms with Crippen molar-refractivity contribution in [1.82, 2.24) is 5.32 Å². The molecule has 1 aliphatic heterocycles. The minimum Gasteiger partial charge on any atom is -0.390 e. The van der Waals surface area contributed by atoms with Crippen molar-refractivity contribution < 1.29 is 5.11 Å². The van der Waals surface area contributed by atoms with Gasteiger partial charge in [-0.2, -0.15) is 0 Å². The zero-order chi connectivity index (χ0) is 4.57. The number of hydrogen-bond donors (Lipinski definition) is 2. The van der Waals surface area contributed by atoms with E-state index in [-0.39, 0.29) is 6.10 Å². The number of rotatable bonds is 0. The third kappa shape index (κ3) is 0.420. The Kier molecular flexibility index (Phi) is 0.821. The Morgan fingerprint density at radius 3 is 2.33 bits per heavy atom. The first kappa shape index (κ1) is 4.09. The molecule has 0 aromatic carbocycles. The Morgan fingerprint density at radius 2 is 2.33 bits per heavy atom. The quantitative estimate of drug-likeness (QED) is 0.411. The molecule has 2 nitrogen and oxygen atoms in total. The molecule has 36 valence electrons. The van der Waals surface area contributed by atoms with Crippen LogP contribution in [-0.4, -0.2) is 23.8 Å². The van der Waals surface area contributed by atoms with Crippen LogP contribution in [0.5, 0.6) is 0 Å². The van der Waals surface area contributed by atoms with Crippen LogP contribution < -0.4 is 5.32 Å². The lowest BCUT2D eigenvalue weighted by molar-refractivity contribution is 0.0704. The number of aliphatic hydroxyl groups excluding tert-OH is 1. The third-order valence-electron chi connectivity index (χ3n) is 1.23. The molecular formula is C4H9NO. The molecule has 1 heterocycles. The van der Waals surface area contributed by atoms with E-state index in [1.165, 1.54) is 0 Å². The number of hydrogen-bond acceptors (Lipinski definition) is 2. The molecule has 0 radical (unpaired) electrons. The van der Waals surface area contributed by atoms with Crippen LogP contribution in [0.25, 0.3) is 0 Å². The minimum absolute atomic E-state index is 0.0787. The molecule has 2 N–H and O–H groups in total. The van der Waals surface area contributed by atoms with Crippen LogP contribution in [-0.2, 0) is 0 Å². The Bertz CT molecular complexity index is 47.5. The van der Waals surface area contributed by atoms with Crippen molar-refractivity contribution in [1.29, 1.82) is 0 Å². The van der Waals surface area contributed by atoms with E-state index in [0.29, 0.717) is 6.04 Å². The van der Waals surface area contributed by atoms with Gasteiger partial charge in [0.25, 0.3) is 0 Å². The predicted octanol–water partition coefficient (Wildman–Crippen LogP) is -0.661. The highest BCUT2D eigenvalue weighted by Gasteiger charge is 2.21. The van der Waals surface area contributed by atoms with E-state index < -0.39 is 0 Å². The molecule has 0 bridgehead atoms. The number of β-amino-alcohol motifs (C(OH)–C–C–N with tert-alkyl or cyclic N) is 1. The van der Waals surface area contributed by atoms with Crippen LogP contribution in [0.2, 0.25) is 0 Å². The fraction of sp³-hybridized carbons (Fsp3) is 1.00. The summed E-state index contributed by atoms with van der Waals surface area (Å²) in [7, 11) is 0. The maximum Gasteiger partial charge on any atom is 0.0814 e. The highest BCUT2D eigenvalue weighted by molar-refractivity contribution is 4.82. The highest BCUT2D eigenvalue weighted by Crippen LogP contribution is 1.99. The van der Waals surface area contributed by atoms with Crippen molar-refractivity contribution in [2.75, 3.05) is 6.54 Å². The lowest BCUT2D eigenvalue weighted by Crippen LogP contribution is -2.55. The van der Waals surface area contributed by atoms with Gasteiger partial charge in [-0.3, -0.25) is 0 Å². The van der Waals surface area contributed by atoms with Gasteiger partial charge in [0.1, 0.15) is 0 Å². The van der Waals surface area contributed by atoms with E-state index in [1.807, 2.05) is 6.92 Å². The SMILES string of the molecule is C[C@H]1NC[C@H]1O. The van der Waals surface area contributed by atoms with E-state index in [1.54, 1.807) is 0 Å². The molecule has 1 rings (SSSR count). The van der Waals surface area contributed by atoms with Crippen LogP contribution in [0.3, 0.4) is 0 Å². The first-order valence-corrected chi connectivity index (χ1v) is 2.22. The van der Waals surface area contributed by atoms with Crippen molar-refractivity contribution in [2.45, 2.75) is 19.1 Å². The normalized spacial score (nSPS) is 45.0. The van der Waals surface area contributed by atoms with Gasteiger partial charge < -0.3 is 10.4 Å². The first-order chi connectivity index (χ1) is 2.80. The Labute approximate surface area is 37.2 Å². The van der Waals surface area contributed by atoms with Crippen molar-refractivity contribution in [2.24, 2.45) is 0 Å². The molecule has 0 unspecified atom stereocenters. The second-order valence-corrected chi connectivity index (χ2v) is 1.76. The van der Waals surface area contributed by atoms with Gasteiger partial charge >= 0.3 is 0 Å². The second kappa shape index (κ2) is 1.21. The summed E-state index contributed by atoms with van der Waals surface area (Å²) in [6, 6.07) is 0.338. The molecule has 0 spiro atoms. The van der Waals surface area contributed by atoms with Crippen molar-refractivity contribution in [3.63, 3.8) is 0 Å². The fourth-order valence-electron chi connectivity index (χ4n) is 0.459. The summed E-state index contributed by atoms with van der Waals surface area (Å²) < 4.78 is 0. The smallest absolute Gasteiger partial charge is 0.0814 e. The maximum atomic E-state index is 8.65. The van der Waals surface area contributed by atoms with E-state index in [9.17, 15) is 0 Å². The Morgan fingerprint density at radius 1 is 1.83 bits per heavy atom. The van der Waals surface area contributed by atoms with E-state index in [2.05, 4.69) is 5.32 Å². The fourth-order valence-corrected chi connectivity index (χ4v) is 0.459. The van der Waals surface area contributed by atoms with E-state index >= 15 is 0 Å². The summed E-state index contributed by atoms with van der Waals surface area (Å²) in [5.41, 5.74) is 0. The molecule has 0 aliphatic carbocycles. The zero-order valence-corrected chi connectivity index (χ0v) is 3.81. The van der Waals surface area contributed by atoms with Crippen LogP contribution in [0, 0.1) is 0 Å². The Hall–Kier alpha value is -0.0800. The van der Waals surface area contributed by atoms with Crippen molar-refractivity contribution in [3.8, 4) is 0 Å². The average molecular weight is 87.1 g/mol. The van der Waals surface area contributed by atoms with Gasteiger partial charge in [-0.05, 0) is 6.92 Å².